The molecule has 3 fully saturated rings. The van der Waals surface area contributed by atoms with Gasteiger partial charge in [0, 0.05) is 50.7 Å². The van der Waals surface area contributed by atoms with Crippen LogP contribution < -0.4 is 16.0 Å². The zero-order valence-electron chi connectivity index (χ0n) is 47.8. The zero-order valence-corrected chi connectivity index (χ0v) is 47.8. The minimum absolute atomic E-state index is 0.0106. The summed E-state index contributed by atoms with van der Waals surface area (Å²) in [5, 5.41) is 126. The molecule has 0 radical (unpaired) electrons. The lowest BCUT2D eigenvalue weighted by Gasteiger charge is -2.39. The van der Waals surface area contributed by atoms with Gasteiger partial charge in [-0.05, 0) is 0 Å². The van der Waals surface area contributed by atoms with Gasteiger partial charge in [-0.2, -0.15) is 0 Å². The molecule has 33 heteroatoms. The minimum Gasteiger partial charge on any atom is -0.394 e. The van der Waals surface area contributed by atoms with Gasteiger partial charge < -0.3 is 148 Å². The second kappa shape index (κ2) is 44.7. The van der Waals surface area contributed by atoms with Crippen LogP contribution in [0.1, 0.15) is 32.6 Å². The fraction of sp³-hybridized carbons (Fsp3) is 0.941. The first kappa shape index (κ1) is 75.6. The summed E-state index contributed by atoms with van der Waals surface area (Å²) in [5.41, 5.74) is -0.754. The maximum Gasteiger partial charge on any atom is 0.222 e. The number of carbonyl (C=O) groups is 3. The maximum atomic E-state index is 12.5. The molecule has 3 aliphatic rings. The van der Waals surface area contributed by atoms with Crippen molar-refractivity contribution >= 4 is 17.7 Å². The molecule has 0 spiro atoms. The number of hydrogen-bond donors (Lipinski definition) is 15. The van der Waals surface area contributed by atoms with Crippen molar-refractivity contribution in [2.45, 2.75) is 125 Å². The van der Waals surface area contributed by atoms with Crippen molar-refractivity contribution in [1.29, 1.82) is 0 Å². The Morgan fingerprint density at radius 2 is 0.667 bits per heavy atom. The normalized spacial score (nSPS) is 29.0. The first-order valence-corrected chi connectivity index (χ1v) is 28.2. The van der Waals surface area contributed by atoms with Gasteiger partial charge in [0.2, 0.25) is 17.7 Å². The van der Waals surface area contributed by atoms with Crippen LogP contribution >= 0.6 is 0 Å². The molecule has 84 heavy (non-hydrogen) atoms. The van der Waals surface area contributed by atoms with Gasteiger partial charge in [-0.25, -0.2) is 0 Å². The van der Waals surface area contributed by atoms with E-state index in [1.807, 2.05) is 6.92 Å². The highest BCUT2D eigenvalue weighted by Crippen LogP contribution is 2.24. The van der Waals surface area contributed by atoms with Gasteiger partial charge in [0.15, 0.2) is 18.9 Å². The Kier molecular flexibility index (Phi) is 40.2. The van der Waals surface area contributed by atoms with Crippen LogP contribution in [0.3, 0.4) is 0 Å². The Labute approximate surface area is 487 Å². The Bertz CT molecular complexity index is 1630. The van der Waals surface area contributed by atoms with Crippen molar-refractivity contribution in [1.82, 2.24) is 16.0 Å². The number of aliphatic hydroxyl groups excluding tert-OH is 12. The van der Waals surface area contributed by atoms with Crippen LogP contribution in [0, 0.1) is 5.41 Å². The van der Waals surface area contributed by atoms with Gasteiger partial charge in [-0.1, -0.05) is 6.92 Å². The number of aliphatic hydroxyl groups is 12. The first-order chi connectivity index (χ1) is 40.4. The lowest BCUT2D eigenvalue weighted by atomic mass is 9.94. The highest BCUT2D eigenvalue weighted by atomic mass is 16.7. The molecule has 0 aromatic heterocycles. The summed E-state index contributed by atoms with van der Waals surface area (Å²) in [4.78, 5) is 37.6. The van der Waals surface area contributed by atoms with Gasteiger partial charge >= 0.3 is 0 Å². The van der Waals surface area contributed by atoms with Crippen molar-refractivity contribution in [2.75, 3.05) is 178 Å². The molecule has 3 aliphatic heterocycles. The molecule has 16 atom stereocenters. The number of ether oxygens (including phenoxy) is 15. The molecule has 0 aromatic carbocycles. The fourth-order valence-corrected chi connectivity index (χ4v) is 8.06. The van der Waals surface area contributed by atoms with Gasteiger partial charge in [0.1, 0.15) is 67.1 Å². The molecule has 0 aromatic rings. The SMILES string of the molecule is CC(COCCC(=O)NCCOCCOCCO[C@H]1OC(CO)[C@@H](O)C(O)CC1O)(COCCC(=O)NCCOCCOCCO[C@H]1OC(CO)[C@@H](O)[C@H](O)C1O)COCCC(=O)NCCOCCOCCO[C@H]1OC(CO)[C@@H](O)C(O)[C@H]1O. The van der Waals surface area contributed by atoms with Crippen LogP contribution in [-0.2, 0) is 85.4 Å². The number of rotatable bonds is 48. The summed E-state index contributed by atoms with van der Waals surface area (Å²) in [6.45, 7) is 3.46. The van der Waals surface area contributed by atoms with Crippen LogP contribution in [0.15, 0.2) is 0 Å². The summed E-state index contributed by atoms with van der Waals surface area (Å²) in [5.74, 6) is -0.842. The topological polar surface area (TPSA) is 469 Å². The monoisotopic (exact) mass is 1230 g/mol. The molecular weight excluding hydrogens is 1130 g/mol. The van der Waals surface area contributed by atoms with Crippen molar-refractivity contribution in [3.8, 4) is 0 Å². The number of amides is 3. The fourth-order valence-electron chi connectivity index (χ4n) is 8.06. The van der Waals surface area contributed by atoms with Crippen molar-refractivity contribution in [3.63, 3.8) is 0 Å². The highest BCUT2D eigenvalue weighted by Gasteiger charge is 2.45. The molecular formula is C51H95N3O30. The van der Waals surface area contributed by atoms with Crippen LogP contribution in [0.25, 0.3) is 0 Å². The molecule has 3 saturated heterocycles. The summed E-state index contributed by atoms with van der Waals surface area (Å²) in [6.07, 6.45) is -20.0. The lowest BCUT2D eigenvalue weighted by Crippen LogP contribution is -2.59. The zero-order chi connectivity index (χ0) is 61.5. The van der Waals surface area contributed by atoms with Crippen LogP contribution in [0.5, 0.6) is 0 Å². The van der Waals surface area contributed by atoms with E-state index in [0.717, 1.165) is 0 Å². The second-order valence-electron chi connectivity index (χ2n) is 20.0. The van der Waals surface area contributed by atoms with E-state index in [-0.39, 0.29) is 202 Å². The molecule has 3 rings (SSSR count). The number of hydrogen-bond acceptors (Lipinski definition) is 30. The highest BCUT2D eigenvalue weighted by molar-refractivity contribution is 5.76. The van der Waals surface area contributed by atoms with E-state index in [0.29, 0.717) is 0 Å². The predicted molar refractivity (Wildman–Crippen MR) is 282 cm³/mol. The smallest absolute Gasteiger partial charge is 0.222 e. The largest absolute Gasteiger partial charge is 0.394 e. The van der Waals surface area contributed by atoms with Crippen molar-refractivity contribution in [3.05, 3.63) is 0 Å². The van der Waals surface area contributed by atoms with E-state index < -0.39 is 117 Å². The number of carbonyl (C=O) groups excluding carboxylic acids is 3. The van der Waals surface area contributed by atoms with E-state index in [2.05, 4.69) is 16.0 Å². The molecule has 0 saturated carbocycles. The second-order valence-corrected chi connectivity index (χ2v) is 20.0. The molecule has 8 unspecified atom stereocenters. The third-order valence-electron chi connectivity index (χ3n) is 12.9. The summed E-state index contributed by atoms with van der Waals surface area (Å²) in [7, 11) is 0. The van der Waals surface area contributed by atoms with E-state index in [4.69, 9.17) is 71.1 Å². The van der Waals surface area contributed by atoms with E-state index in [1.54, 1.807) is 0 Å². The van der Waals surface area contributed by atoms with Gasteiger partial charge in [0.05, 0.1) is 165 Å². The Morgan fingerprint density at radius 3 is 1.01 bits per heavy atom. The molecule has 0 bridgehead atoms. The van der Waals surface area contributed by atoms with Crippen LogP contribution in [0.4, 0.5) is 0 Å². The van der Waals surface area contributed by atoms with Crippen LogP contribution in [0.2, 0.25) is 0 Å². The molecule has 0 aliphatic carbocycles. The quantitative estimate of drug-likeness (QED) is 0.0252. The van der Waals surface area contributed by atoms with E-state index in [1.165, 1.54) is 0 Å². The molecule has 3 heterocycles. The Balaban J connectivity index is 1.27. The third-order valence-corrected chi connectivity index (χ3v) is 12.9. The molecule has 3 amide bonds. The van der Waals surface area contributed by atoms with Gasteiger partial charge in [-0.15, -0.1) is 0 Å². The van der Waals surface area contributed by atoms with E-state index in [9.17, 15) is 75.7 Å². The summed E-state index contributed by atoms with van der Waals surface area (Å²) < 4.78 is 82.5. The maximum absolute atomic E-state index is 12.5. The van der Waals surface area contributed by atoms with Crippen molar-refractivity contribution in [2.24, 2.45) is 5.41 Å². The average Bonchev–Trinajstić information content (AvgIpc) is 3.63. The Hall–Kier alpha value is -2.67. The molecule has 33 nitrogen and oxygen atoms in total. The number of nitrogens with one attached hydrogen (secondary N) is 3. The van der Waals surface area contributed by atoms with Crippen molar-refractivity contribution < 1.29 is 147 Å². The third kappa shape index (κ3) is 30.5. The molecule has 15 N–H and O–H groups in total. The predicted octanol–water partition coefficient (Wildman–Crippen LogP) is -8.50. The van der Waals surface area contributed by atoms with Crippen LogP contribution in [-0.4, -0.2) is 349 Å². The first-order valence-electron chi connectivity index (χ1n) is 28.2. The average molecular weight is 1230 g/mol. The van der Waals surface area contributed by atoms with Gasteiger partial charge in [0.25, 0.3) is 0 Å². The molecule has 494 valence electrons. The van der Waals surface area contributed by atoms with Gasteiger partial charge in [-0.3, -0.25) is 14.4 Å². The van der Waals surface area contributed by atoms with E-state index >= 15 is 0 Å². The standard InChI is InChI=1S/C51H95N3O30/c1-51(31-77-9-3-39(61)53-6-12-71-15-18-74-21-24-80-49-46(68)44(66)42(64)36(28-56)83-49,32-78-10-4-40(62)54-7-13-72-16-19-75-22-25-81-50-47(69)45(67)43(65)37(29-57)84-50)30-76-8-2-38(60)52-5-11-70-14-17-73-20-23-79-48-34(59)26-33(58)41(63)35(27-55)82-48/h33-37,41-50,55-59,63-69H,2-32H2,1H3,(H,52,60)(H,53,61)(H,54,62)/t33?,34?,35?,36?,37?,41-,42+,43+,44-,45?,46?,47+,48-,49-,50-,51?/m0/s1. The minimum atomic E-state index is -1.55. The lowest BCUT2D eigenvalue weighted by molar-refractivity contribution is -0.302. The Morgan fingerprint density at radius 1 is 0.369 bits per heavy atom. The summed E-state index contributed by atoms with van der Waals surface area (Å²) >= 11 is 0. The summed E-state index contributed by atoms with van der Waals surface area (Å²) in [6, 6.07) is 0.